The first-order valence-electron chi connectivity index (χ1n) is 3.33. The summed E-state index contributed by atoms with van der Waals surface area (Å²) in [5.74, 6) is -1.92. The van der Waals surface area contributed by atoms with E-state index >= 15 is 0 Å². The summed E-state index contributed by atoms with van der Waals surface area (Å²) in [4.78, 5) is 3.06. The first kappa shape index (κ1) is 9.79. The van der Waals surface area contributed by atoms with Crippen molar-refractivity contribution in [2.24, 2.45) is 0 Å². The van der Waals surface area contributed by atoms with Crippen LogP contribution in [0, 0.1) is 5.82 Å². The molecule has 1 aromatic rings. The molecule has 0 amide bonds. The number of alkyl halides is 2. The number of rotatable bonds is 2. The van der Waals surface area contributed by atoms with Crippen molar-refractivity contribution in [2.75, 3.05) is 0 Å². The molecule has 0 saturated carbocycles. The summed E-state index contributed by atoms with van der Waals surface area (Å²) < 4.78 is 36.8. The Labute approximate surface area is 71.5 Å². The highest BCUT2D eigenvalue weighted by Crippen LogP contribution is 2.27. The van der Waals surface area contributed by atoms with Gasteiger partial charge in [-0.1, -0.05) is 0 Å². The first-order chi connectivity index (χ1) is 6.06. The highest BCUT2D eigenvalue weighted by atomic mass is 19.3. The number of nitrogens with zero attached hydrogens (tertiary/aromatic N) is 1. The summed E-state index contributed by atoms with van der Waals surface area (Å²) in [7, 11) is 0. The van der Waals surface area contributed by atoms with Gasteiger partial charge in [0.25, 0.3) is 6.43 Å². The summed E-state index contributed by atoms with van der Waals surface area (Å²) in [6.45, 7) is -0.786. The van der Waals surface area contributed by atoms with E-state index in [1.807, 2.05) is 0 Å². The van der Waals surface area contributed by atoms with E-state index in [0.717, 1.165) is 0 Å². The van der Waals surface area contributed by atoms with Crippen LogP contribution in [0.25, 0.3) is 0 Å². The molecule has 0 aromatic carbocycles. The third-order valence-corrected chi connectivity index (χ3v) is 1.41. The lowest BCUT2D eigenvalue weighted by atomic mass is 10.2. The molecular weight excluding hydrogens is 187 g/mol. The molecule has 0 aliphatic heterocycles. The zero-order valence-corrected chi connectivity index (χ0v) is 6.34. The minimum Gasteiger partial charge on any atom is -0.506 e. The lowest BCUT2D eigenvalue weighted by molar-refractivity contribution is 0.140. The molecule has 0 unspecified atom stereocenters. The van der Waals surface area contributed by atoms with Gasteiger partial charge in [0.15, 0.2) is 5.82 Å². The van der Waals surface area contributed by atoms with Crippen molar-refractivity contribution >= 4 is 0 Å². The fourth-order valence-corrected chi connectivity index (χ4v) is 0.805. The number of pyridine rings is 1. The van der Waals surface area contributed by atoms with Crippen molar-refractivity contribution < 1.29 is 23.4 Å². The average Bonchev–Trinajstić information content (AvgIpc) is 2.03. The van der Waals surface area contributed by atoms with Gasteiger partial charge in [-0.05, 0) is 0 Å². The third kappa shape index (κ3) is 1.89. The van der Waals surface area contributed by atoms with Gasteiger partial charge in [-0.15, -0.1) is 0 Å². The standard InChI is InChI=1S/C7H6F3NO2/c8-3-1-5(13)6(7(9)10)11-4(3)2-12/h1,7,12-13H,2H2. The monoisotopic (exact) mass is 193 g/mol. The van der Waals surface area contributed by atoms with E-state index in [-0.39, 0.29) is 0 Å². The van der Waals surface area contributed by atoms with Crippen molar-refractivity contribution in [3.8, 4) is 5.75 Å². The Bertz CT molecular complexity index is 317. The molecule has 0 atom stereocenters. The molecule has 0 saturated heterocycles. The van der Waals surface area contributed by atoms with E-state index in [0.29, 0.717) is 6.07 Å². The van der Waals surface area contributed by atoms with Crippen molar-refractivity contribution in [2.45, 2.75) is 13.0 Å². The third-order valence-electron chi connectivity index (χ3n) is 1.41. The van der Waals surface area contributed by atoms with Crippen LogP contribution in [0.15, 0.2) is 6.07 Å². The Hall–Kier alpha value is -1.30. The Balaban J connectivity index is 3.22. The van der Waals surface area contributed by atoms with Crippen LogP contribution < -0.4 is 0 Å². The summed E-state index contributed by atoms with van der Waals surface area (Å²) in [5, 5.41) is 17.3. The second-order valence-electron chi connectivity index (χ2n) is 2.28. The smallest absolute Gasteiger partial charge is 0.284 e. The SMILES string of the molecule is OCc1nc(C(F)F)c(O)cc1F. The number of aliphatic hydroxyl groups excluding tert-OH is 1. The Morgan fingerprint density at radius 2 is 2.08 bits per heavy atom. The molecule has 2 N–H and O–H groups in total. The second-order valence-corrected chi connectivity index (χ2v) is 2.28. The van der Waals surface area contributed by atoms with Gasteiger partial charge < -0.3 is 10.2 Å². The largest absolute Gasteiger partial charge is 0.506 e. The molecule has 0 spiro atoms. The van der Waals surface area contributed by atoms with E-state index < -0.39 is 36.0 Å². The first-order valence-corrected chi connectivity index (χ1v) is 3.33. The predicted octanol–water partition coefficient (Wildman–Crippen LogP) is 1.36. The van der Waals surface area contributed by atoms with Crippen LogP contribution in [-0.2, 0) is 6.61 Å². The highest BCUT2D eigenvalue weighted by Gasteiger charge is 2.17. The van der Waals surface area contributed by atoms with Gasteiger partial charge in [-0.3, -0.25) is 0 Å². The summed E-state index contributed by atoms with van der Waals surface area (Å²) in [6, 6.07) is 0.500. The summed E-state index contributed by atoms with van der Waals surface area (Å²) in [5.41, 5.74) is -1.43. The molecule has 0 aliphatic carbocycles. The van der Waals surface area contributed by atoms with Gasteiger partial charge in [0.1, 0.15) is 17.1 Å². The minimum atomic E-state index is -2.99. The van der Waals surface area contributed by atoms with Crippen LogP contribution in [0.3, 0.4) is 0 Å². The Morgan fingerprint density at radius 3 is 2.54 bits per heavy atom. The van der Waals surface area contributed by atoms with Gasteiger partial charge in [0, 0.05) is 6.07 Å². The van der Waals surface area contributed by atoms with Gasteiger partial charge >= 0.3 is 0 Å². The van der Waals surface area contributed by atoms with Gasteiger partial charge in [-0.2, -0.15) is 0 Å². The van der Waals surface area contributed by atoms with Crippen LogP contribution >= 0.6 is 0 Å². The Morgan fingerprint density at radius 1 is 1.46 bits per heavy atom. The van der Waals surface area contributed by atoms with Crippen molar-refractivity contribution in [3.63, 3.8) is 0 Å². The van der Waals surface area contributed by atoms with Crippen LogP contribution in [-0.4, -0.2) is 15.2 Å². The molecular formula is C7H6F3NO2. The number of halogens is 3. The van der Waals surface area contributed by atoms with E-state index in [9.17, 15) is 13.2 Å². The lowest BCUT2D eigenvalue weighted by Crippen LogP contribution is -2.00. The maximum atomic E-state index is 12.7. The highest BCUT2D eigenvalue weighted by molar-refractivity contribution is 5.29. The Kier molecular flexibility index (Phi) is 2.72. The zero-order valence-electron chi connectivity index (χ0n) is 6.34. The molecule has 0 bridgehead atoms. The maximum absolute atomic E-state index is 12.7. The van der Waals surface area contributed by atoms with E-state index in [2.05, 4.69) is 4.98 Å². The molecule has 72 valence electrons. The molecule has 0 aliphatic rings. The van der Waals surface area contributed by atoms with Crippen LogP contribution in [0.5, 0.6) is 5.75 Å². The number of aliphatic hydroxyl groups is 1. The molecule has 1 heterocycles. The fourth-order valence-electron chi connectivity index (χ4n) is 0.805. The molecule has 0 fully saturated rings. The lowest BCUT2D eigenvalue weighted by Gasteiger charge is -2.05. The van der Waals surface area contributed by atoms with E-state index in [1.165, 1.54) is 0 Å². The van der Waals surface area contributed by atoms with Gasteiger partial charge in [0.05, 0.1) is 6.61 Å². The van der Waals surface area contributed by atoms with Gasteiger partial charge in [-0.25, -0.2) is 18.2 Å². The van der Waals surface area contributed by atoms with Crippen molar-refractivity contribution in [1.29, 1.82) is 0 Å². The molecule has 1 aromatic heterocycles. The predicted molar refractivity (Wildman–Crippen MR) is 36.7 cm³/mol. The zero-order chi connectivity index (χ0) is 10.0. The van der Waals surface area contributed by atoms with Crippen LogP contribution in [0.2, 0.25) is 0 Å². The van der Waals surface area contributed by atoms with Crippen molar-refractivity contribution in [3.05, 3.63) is 23.3 Å². The summed E-state index contributed by atoms with van der Waals surface area (Å²) in [6.07, 6.45) is -2.99. The van der Waals surface area contributed by atoms with E-state index in [1.54, 1.807) is 0 Å². The average molecular weight is 193 g/mol. The molecule has 0 radical (unpaired) electrons. The van der Waals surface area contributed by atoms with Crippen LogP contribution in [0.4, 0.5) is 13.2 Å². The maximum Gasteiger partial charge on any atom is 0.284 e. The number of aromatic hydroxyl groups is 1. The van der Waals surface area contributed by atoms with Crippen molar-refractivity contribution in [1.82, 2.24) is 4.98 Å². The number of aromatic nitrogens is 1. The van der Waals surface area contributed by atoms with Crippen LogP contribution in [0.1, 0.15) is 17.8 Å². The number of hydrogen-bond donors (Lipinski definition) is 2. The normalized spacial score (nSPS) is 10.8. The second kappa shape index (κ2) is 3.61. The number of hydrogen-bond acceptors (Lipinski definition) is 3. The van der Waals surface area contributed by atoms with Gasteiger partial charge in [0.2, 0.25) is 0 Å². The summed E-state index contributed by atoms with van der Waals surface area (Å²) >= 11 is 0. The van der Waals surface area contributed by atoms with E-state index in [4.69, 9.17) is 10.2 Å². The fraction of sp³-hybridized carbons (Fsp3) is 0.286. The molecule has 6 heteroatoms. The molecule has 1 rings (SSSR count). The molecule has 13 heavy (non-hydrogen) atoms. The minimum absolute atomic E-state index is 0.500. The molecule has 3 nitrogen and oxygen atoms in total. The topological polar surface area (TPSA) is 53.4 Å². The quantitative estimate of drug-likeness (QED) is 0.745.